The van der Waals surface area contributed by atoms with Crippen molar-refractivity contribution in [1.29, 1.82) is 0 Å². The third kappa shape index (κ3) is 7.05. The summed E-state index contributed by atoms with van der Waals surface area (Å²) in [6, 6.07) is 0. The summed E-state index contributed by atoms with van der Waals surface area (Å²) in [5, 5.41) is 10.2. The highest BCUT2D eigenvalue weighted by Gasteiger charge is 2.54. The Morgan fingerprint density at radius 1 is 1.05 bits per heavy atom. The van der Waals surface area contributed by atoms with Crippen molar-refractivity contribution >= 4 is 40.2 Å². The van der Waals surface area contributed by atoms with Crippen LogP contribution in [0.15, 0.2) is 22.8 Å². The molecule has 4 nitrogen and oxygen atoms in total. The molecule has 8 heteroatoms. The van der Waals surface area contributed by atoms with Crippen LogP contribution in [0.25, 0.3) is 0 Å². The van der Waals surface area contributed by atoms with Gasteiger partial charge in [-0.2, -0.15) is 0 Å². The van der Waals surface area contributed by atoms with E-state index in [2.05, 4.69) is 87.5 Å². The van der Waals surface area contributed by atoms with E-state index in [4.69, 9.17) is 13.3 Å². The van der Waals surface area contributed by atoms with Gasteiger partial charge in [-0.1, -0.05) is 55.0 Å². The molecule has 0 unspecified atom stereocenters. The predicted octanol–water partition coefficient (Wildman–Crippen LogP) is 9.72. The van der Waals surface area contributed by atoms with Crippen LogP contribution in [0.4, 0.5) is 0 Å². The van der Waals surface area contributed by atoms with Gasteiger partial charge < -0.3 is 18.4 Å². The summed E-state index contributed by atoms with van der Waals surface area (Å²) in [5.74, 6) is 3.86. The molecule has 0 radical (unpaired) electrons. The van der Waals surface area contributed by atoms with Crippen molar-refractivity contribution in [3.8, 4) is 0 Å². The zero-order valence-corrected chi connectivity index (χ0v) is 32.2. The summed E-state index contributed by atoms with van der Waals surface area (Å²) >= 11 is 4.08. The molecular weight excluding hydrogens is 593 g/mol. The molecule has 0 amide bonds. The molecule has 2 fully saturated rings. The number of hydrogen-bond acceptors (Lipinski definition) is 6. The Kier molecular flexibility index (Phi) is 10.2. The van der Waals surface area contributed by atoms with Crippen molar-refractivity contribution in [2.24, 2.45) is 5.92 Å². The van der Waals surface area contributed by atoms with E-state index >= 15 is 0 Å². The van der Waals surface area contributed by atoms with Gasteiger partial charge in [0, 0.05) is 29.9 Å². The fourth-order valence-electron chi connectivity index (χ4n) is 6.77. The Morgan fingerprint density at radius 3 is 2.21 bits per heavy atom. The SMILES string of the molecule is C=C(CO)CC1(Cc2occ3c2C[C@H](O[Si](C)(C)C(C)(C)C)[C@@H]2C[C@@H](O[Si](C)(C)C(C)(C)C)CC[C@]32C)SCCCS1. The van der Waals surface area contributed by atoms with Crippen molar-refractivity contribution in [2.75, 3.05) is 18.1 Å². The van der Waals surface area contributed by atoms with Crippen LogP contribution in [0, 0.1) is 5.92 Å². The van der Waals surface area contributed by atoms with E-state index in [1.807, 2.05) is 23.5 Å². The largest absolute Gasteiger partial charge is 0.469 e. The third-order valence-electron chi connectivity index (χ3n) is 11.5. The molecule has 4 atom stereocenters. The van der Waals surface area contributed by atoms with E-state index < -0.39 is 16.6 Å². The molecule has 0 aromatic carbocycles. The van der Waals surface area contributed by atoms with Crippen LogP contribution in [0.2, 0.25) is 36.3 Å². The number of aliphatic hydroxyl groups is 1. The molecule has 4 rings (SSSR count). The molecule has 3 aliphatic rings. The highest BCUT2D eigenvalue weighted by molar-refractivity contribution is 8.18. The predicted molar refractivity (Wildman–Crippen MR) is 188 cm³/mol. The fraction of sp³-hybridized carbons (Fsp3) is 0.824. The van der Waals surface area contributed by atoms with Gasteiger partial charge in [0.05, 0.1) is 23.1 Å². The Labute approximate surface area is 268 Å². The van der Waals surface area contributed by atoms with Gasteiger partial charge in [0.1, 0.15) is 5.76 Å². The lowest BCUT2D eigenvalue weighted by atomic mass is 9.57. The van der Waals surface area contributed by atoms with Crippen LogP contribution in [0.1, 0.15) is 97.5 Å². The third-order valence-corrected chi connectivity index (χ3v) is 23.8. The number of hydrogen-bond donors (Lipinski definition) is 1. The lowest BCUT2D eigenvalue weighted by Gasteiger charge is -2.54. The lowest BCUT2D eigenvalue weighted by molar-refractivity contribution is -0.0130. The van der Waals surface area contributed by atoms with E-state index in [1.165, 1.54) is 17.5 Å². The van der Waals surface area contributed by atoms with Gasteiger partial charge in [0.2, 0.25) is 0 Å². The van der Waals surface area contributed by atoms with Crippen molar-refractivity contribution < 1.29 is 18.4 Å². The van der Waals surface area contributed by atoms with E-state index in [0.29, 0.717) is 12.0 Å². The summed E-state index contributed by atoms with van der Waals surface area (Å²) in [5.41, 5.74) is 3.76. The quantitative estimate of drug-likeness (QED) is 0.212. The Bertz CT molecular complexity index is 1110. The van der Waals surface area contributed by atoms with Gasteiger partial charge in [0.15, 0.2) is 16.6 Å². The number of fused-ring (bicyclic) bond motifs is 3. The summed E-state index contributed by atoms with van der Waals surface area (Å²) in [6.07, 6.45) is 9.70. The van der Waals surface area contributed by atoms with E-state index in [9.17, 15) is 5.11 Å². The minimum absolute atomic E-state index is 0.0182. The summed E-state index contributed by atoms with van der Waals surface area (Å²) in [6.45, 7) is 30.5. The van der Waals surface area contributed by atoms with Crippen LogP contribution < -0.4 is 0 Å². The molecule has 1 aromatic rings. The maximum Gasteiger partial charge on any atom is 0.192 e. The van der Waals surface area contributed by atoms with Crippen LogP contribution >= 0.6 is 23.5 Å². The summed E-state index contributed by atoms with van der Waals surface area (Å²) < 4.78 is 21.0. The zero-order valence-electron chi connectivity index (χ0n) is 28.6. The number of thioether (sulfide) groups is 2. The molecule has 1 aliphatic heterocycles. The second-order valence-corrected chi connectivity index (χ2v) is 29.4. The molecule has 1 N–H and O–H groups in total. The minimum atomic E-state index is -2.01. The van der Waals surface area contributed by atoms with Crippen molar-refractivity contribution in [1.82, 2.24) is 0 Å². The molecular formula is C34H60O4S2Si2. The number of aliphatic hydroxyl groups excluding tert-OH is 1. The van der Waals surface area contributed by atoms with Gasteiger partial charge in [-0.3, -0.25) is 0 Å². The van der Waals surface area contributed by atoms with Gasteiger partial charge in [-0.15, -0.1) is 23.5 Å². The van der Waals surface area contributed by atoms with Crippen molar-refractivity contribution in [3.05, 3.63) is 35.3 Å². The van der Waals surface area contributed by atoms with Crippen LogP contribution in [0.5, 0.6) is 0 Å². The van der Waals surface area contributed by atoms with Gasteiger partial charge in [-0.05, 0) is 96.9 Å². The van der Waals surface area contributed by atoms with Crippen molar-refractivity contribution in [3.63, 3.8) is 0 Å². The van der Waals surface area contributed by atoms with Crippen LogP contribution in [0.3, 0.4) is 0 Å². The Balaban J connectivity index is 1.70. The molecule has 2 heterocycles. The second kappa shape index (κ2) is 12.3. The molecule has 1 saturated carbocycles. The first-order valence-electron chi connectivity index (χ1n) is 16.2. The van der Waals surface area contributed by atoms with Crippen molar-refractivity contribution in [2.45, 2.75) is 151 Å². The number of furan rings is 1. The van der Waals surface area contributed by atoms with E-state index in [-0.39, 0.29) is 32.3 Å². The standard InChI is InChI=1S/C34H60O4S2Si2/c1-24(22-35)20-34(39-16-13-17-40-34)21-30-26-19-29(38-42(11,12)32(5,6)7)27-18-25(37-41(9,10)31(2,3)4)14-15-33(27,8)28(26)23-36-30/h23,25,27,29,35H,1,13-22H2,2-12H3/t25-,27-,29-,33-/m0/s1. The first kappa shape index (κ1) is 34.9. The molecule has 1 aromatic heterocycles. The van der Waals surface area contributed by atoms with E-state index in [1.54, 1.807) is 0 Å². The second-order valence-electron chi connectivity index (χ2n) is 16.7. The molecule has 2 aliphatic carbocycles. The monoisotopic (exact) mass is 652 g/mol. The topological polar surface area (TPSA) is 51.8 Å². The van der Waals surface area contributed by atoms with Gasteiger partial charge in [0.25, 0.3) is 0 Å². The average molecular weight is 653 g/mol. The van der Waals surface area contributed by atoms with Crippen LogP contribution in [-0.4, -0.2) is 56.1 Å². The van der Waals surface area contributed by atoms with Crippen LogP contribution in [-0.2, 0) is 27.1 Å². The molecule has 240 valence electrons. The summed E-state index contributed by atoms with van der Waals surface area (Å²) in [4.78, 5) is 0. The molecule has 1 saturated heterocycles. The van der Waals surface area contributed by atoms with Gasteiger partial charge >= 0.3 is 0 Å². The maximum absolute atomic E-state index is 9.84. The minimum Gasteiger partial charge on any atom is -0.469 e. The fourth-order valence-corrected chi connectivity index (χ4v) is 12.9. The maximum atomic E-state index is 9.84. The first-order valence-corrected chi connectivity index (χ1v) is 24.0. The lowest BCUT2D eigenvalue weighted by Crippen LogP contribution is -2.56. The average Bonchev–Trinajstić information content (AvgIpc) is 3.26. The van der Waals surface area contributed by atoms with Gasteiger partial charge in [-0.25, -0.2) is 0 Å². The molecule has 42 heavy (non-hydrogen) atoms. The molecule has 0 bridgehead atoms. The highest BCUT2D eigenvalue weighted by atomic mass is 32.2. The normalized spacial score (nSPS) is 28.7. The summed E-state index contributed by atoms with van der Waals surface area (Å²) in [7, 11) is -3.88. The van der Waals surface area contributed by atoms with E-state index in [0.717, 1.165) is 61.4 Å². The smallest absolute Gasteiger partial charge is 0.192 e. The zero-order chi connectivity index (χ0) is 31.4. The number of rotatable bonds is 9. The highest BCUT2D eigenvalue weighted by Crippen LogP contribution is 2.56. The first-order chi connectivity index (χ1) is 19.2. The molecule has 0 spiro atoms. The Morgan fingerprint density at radius 2 is 1.64 bits per heavy atom. The Hall–Kier alpha value is 0.0338.